The van der Waals surface area contributed by atoms with Gasteiger partial charge in [-0.1, -0.05) is 13.8 Å². The average molecular weight is 143 g/mol. The molecular formula is C7H13NO2. The van der Waals surface area contributed by atoms with Gasteiger partial charge in [-0.05, 0) is 6.42 Å². The lowest BCUT2D eigenvalue weighted by atomic mass is 9.98. The van der Waals surface area contributed by atoms with Gasteiger partial charge in [-0.15, -0.1) is 0 Å². The summed E-state index contributed by atoms with van der Waals surface area (Å²) in [5.41, 5.74) is 5.51. The molecule has 0 aromatic carbocycles. The van der Waals surface area contributed by atoms with E-state index in [0.717, 1.165) is 6.42 Å². The van der Waals surface area contributed by atoms with Crippen LogP contribution in [0.25, 0.3) is 0 Å². The van der Waals surface area contributed by atoms with Crippen molar-refractivity contribution in [3.05, 3.63) is 0 Å². The van der Waals surface area contributed by atoms with E-state index in [1.165, 1.54) is 0 Å². The highest BCUT2D eigenvalue weighted by Crippen LogP contribution is 2.22. The molecule has 0 saturated carbocycles. The first kappa shape index (κ1) is 7.54. The lowest BCUT2D eigenvalue weighted by Gasteiger charge is -2.10. The van der Waals surface area contributed by atoms with E-state index in [2.05, 4.69) is 0 Å². The van der Waals surface area contributed by atoms with Crippen LogP contribution in [0.4, 0.5) is 0 Å². The van der Waals surface area contributed by atoms with Crippen molar-refractivity contribution >= 4 is 5.97 Å². The number of cyclic esters (lactones) is 1. The summed E-state index contributed by atoms with van der Waals surface area (Å²) in [4.78, 5) is 10.8. The molecule has 1 fully saturated rings. The van der Waals surface area contributed by atoms with E-state index in [4.69, 9.17) is 10.5 Å². The molecule has 10 heavy (non-hydrogen) atoms. The Morgan fingerprint density at radius 3 is 2.50 bits per heavy atom. The molecule has 1 saturated heterocycles. The number of nitrogens with two attached hydrogens (primary N) is 1. The minimum Gasteiger partial charge on any atom is -0.461 e. The Hall–Kier alpha value is -0.570. The van der Waals surface area contributed by atoms with Gasteiger partial charge in [0.15, 0.2) is 0 Å². The molecule has 0 spiro atoms. The zero-order chi connectivity index (χ0) is 7.72. The number of hydrogen-bond donors (Lipinski definition) is 1. The molecule has 1 heterocycles. The summed E-state index contributed by atoms with van der Waals surface area (Å²) in [7, 11) is 0. The SMILES string of the molecule is CC[C@@H]1OC(=O)[C@@H](N)[C@@H]1C. The van der Waals surface area contributed by atoms with Crippen molar-refractivity contribution in [1.82, 2.24) is 0 Å². The third-order valence-electron chi connectivity index (χ3n) is 2.09. The maximum Gasteiger partial charge on any atom is 0.323 e. The van der Waals surface area contributed by atoms with Crippen molar-refractivity contribution in [2.75, 3.05) is 0 Å². The number of ether oxygens (including phenoxy) is 1. The molecule has 58 valence electrons. The van der Waals surface area contributed by atoms with Crippen LogP contribution in [0.1, 0.15) is 20.3 Å². The van der Waals surface area contributed by atoms with Gasteiger partial charge < -0.3 is 10.5 Å². The minimum absolute atomic E-state index is 0.0440. The molecule has 3 heteroatoms. The summed E-state index contributed by atoms with van der Waals surface area (Å²) in [5.74, 6) is -0.0724. The smallest absolute Gasteiger partial charge is 0.323 e. The third-order valence-corrected chi connectivity index (χ3v) is 2.09. The summed E-state index contributed by atoms with van der Waals surface area (Å²) in [6.45, 7) is 3.94. The summed E-state index contributed by atoms with van der Waals surface area (Å²) in [6, 6.07) is -0.398. The Morgan fingerprint density at radius 1 is 1.70 bits per heavy atom. The predicted octanol–water partition coefficient (Wildman–Crippen LogP) is 0.285. The van der Waals surface area contributed by atoms with Crippen LogP contribution in [0.5, 0.6) is 0 Å². The highest BCUT2D eigenvalue weighted by Gasteiger charge is 2.37. The summed E-state index contributed by atoms with van der Waals surface area (Å²) in [5, 5.41) is 0. The van der Waals surface area contributed by atoms with Gasteiger partial charge in [0, 0.05) is 5.92 Å². The van der Waals surface area contributed by atoms with Crippen LogP contribution in [-0.4, -0.2) is 18.1 Å². The second-order valence-corrected chi connectivity index (χ2v) is 2.77. The van der Waals surface area contributed by atoms with E-state index < -0.39 is 6.04 Å². The van der Waals surface area contributed by atoms with Gasteiger partial charge in [0.1, 0.15) is 12.1 Å². The van der Waals surface area contributed by atoms with E-state index in [9.17, 15) is 4.79 Å². The van der Waals surface area contributed by atoms with Crippen molar-refractivity contribution in [3.8, 4) is 0 Å². The van der Waals surface area contributed by atoms with Crippen molar-refractivity contribution in [3.63, 3.8) is 0 Å². The molecule has 0 aliphatic carbocycles. The monoisotopic (exact) mass is 143 g/mol. The van der Waals surface area contributed by atoms with Crippen molar-refractivity contribution in [2.24, 2.45) is 11.7 Å². The Labute approximate surface area is 60.5 Å². The number of carbonyl (C=O) groups excluding carboxylic acids is 1. The van der Waals surface area contributed by atoms with Gasteiger partial charge >= 0.3 is 5.97 Å². The van der Waals surface area contributed by atoms with Crippen molar-refractivity contribution in [1.29, 1.82) is 0 Å². The number of hydrogen-bond acceptors (Lipinski definition) is 3. The van der Waals surface area contributed by atoms with E-state index >= 15 is 0 Å². The summed E-state index contributed by atoms with van der Waals surface area (Å²) < 4.78 is 4.97. The fraction of sp³-hybridized carbons (Fsp3) is 0.857. The molecular weight excluding hydrogens is 130 g/mol. The molecule has 2 N–H and O–H groups in total. The second kappa shape index (κ2) is 2.58. The Balaban J connectivity index is 2.61. The average Bonchev–Trinajstić information content (AvgIpc) is 2.17. The topological polar surface area (TPSA) is 52.3 Å². The third kappa shape index (κ3) is 1.01. The second-order valence-electron chi connectivity index (χ2n) is 2.77. The highest BCUT2D eigenvalue weighted by atomic mass is 16.6. The molecule has 0 radical (unpaired) electrons. The van der Waals surface area contributed by atoms with E-state index in [1.54, 1.807) is 0 Å². The molecule has 1 aliphatic heterocycles. The van der Waals surface area contributed by atoms with Crippen molar-refractivity contribution in [2.45, 2.75) is 32.4 Å². The minimum atomic E-state index is -0.398. The zero-order valence-electron chi connectivity index (χ0n) is 6.33. The number of esters is 1. The summed E-state index contributed by atoms with van der Waals surface area (Å²) in [6.07, 6.45) is 0.906. The van der Waals surface area contributed by atoms with Crippen LogP contribution in [0.2, 0.25) is 0 Å². The first-order chi connectivity index (χ1) is 4.66. The maximum absolute atomic E-state index is 10.8. The van der Waals surface area contributed by atoms with Crippen LogP contribution < -0.4 is 5.73 Å². The number of rotatable bonds is 1. The summed E-state index contributed by atoms with van der Waals surface area (Å²) >= 11 is 0. The molecule has 0 bridgehead atoms. The van der Waals surface area contributed by atoms with Crippen LogP contribution in [0, 0.1) is 5.92 Å². The quantitative estimate of drug-likeness (QED) is 0.536. The van der Waals surface area contributed by atoms with E-state index in [1.807, 2.05) is 13.8 Å². The molecule has 3 atom stereocenters. The van der Waals surface area contributed by atoms with Crippen LogP contribution in [0.3, 0.4) is 0 Å². The molecule has 1 rings (SSSR count). The molecule has 0 unspecified atom stereocenters. The van der Waals surface area contributed by atoms with Gasteiger partial charge in [0.25, 0.3) is 0 Å². The molecule has 1 aliphatic rings. The van der Waals surface area contributed by atoms with E-state index in [0.29, 0.717) is 0 Å². The van der Waals surface area contributed by atoms with Gasteiger partial charge in [-0.25, -0.2) is 0 Å². The number of carbonyl (C=O) groups is 1. The standard InChI is InChI=1S/C7H13NO2/c1-3-5-4(2)6(8)7(9)10-5/h4-6H,3,8H2,1-2H3/t4-,5+,6+/m1/s1. The predicted molar refractivity (Wildman–Crippen MR) is 37.3 cm³/mol. The first-order valence-electron chi connectivity index (χ1n) is 3.63. The van der Waals surface area contributed by atoms with E-state index in [-0.39, 0.29) is 18.0 Å². The zero-order valence-corrected chi connectivity index (χ0v) is 6.33. The Morgan fingerprint density at radius 2 is 2.30 bits per heavy atom. The molecule has 0 amide bonds. The van der Waals surface area contributed by atoms with Crippen LogP contribution in [-0.2, 0) is 9.53 Å². The molecule has 0 aromatic heterocycles. The lowest BCUT2D eigenvalue weighted by Crippen LogP contribution is -2.31. The molecule has 0 aromatic rings. The fourth-order valence-corrected chi connectivity index (χ4v) is 1.24. The normalized spacial score (nSPS) is 39.9. The largest absolute Gasteiger partial charge is 0.461 e. The van der Waals surface area contributed by atoms with Crippen LogP contribution in [0.15, 0.2) is 0 Å². The van der Waals surface area contributed by atoms with Gasteiger partial charge in [-0.2, -0.15) is 0 Å². The highest BCUT2D eigenvalue weighted by molar-refractivity contribution is 5.78. The van der Waals surface area contributed by atoms with Gasteiger partial charge in [0.05, 0.1) is 0 Å². The van der Waals surface area contributed by atoms with Crippen molar-refractivity contribution < 1.29 is 9.53 Å². The fourth-order valence-electron chi connectivity index (χ4n) is 1.24. The molecule has 3 nitrogen and oxygen atoms in total. The Kier molecular flexibility index (Phi) is 1.94. The first-order valence-corrected chi connectivity index (χ1v) is 3.63. The Bertz CT molecular complexity index is 147. The lowest BCUT2D eigenvalue weighted by molar-refractivity contribution is -0.142. The van der Waals surface area contributed by atoms with Crippen LogP contribution >= 0.6 is 0 Å². The maximum atomic E-state index is 10.8. The van der Waals surface area contributed by atoms with Gasteiger partial charge in [-0.3, -0.25) is 4.79 Å². The van der Waals surface area contributed by atoms with Gasteiger partial charge in [0.2, 0.25) is 0 Å².